The van der Waals surface area contributed by atoms with Crippen LogP contribution in [-0.2, 0) is 6.42 Å². The van der Waals surface area contributed by atoms with E-state index in [1.54, 1.807) is 12.1 Å². The zero-order valence-electron chi connectivity index (χ0n) is 10.3. The van der Waals surface area contributed by atoms with E-state index in [0.29, 0.717) is 17.0 Å². The molecule has 0 spiro atoms. The SMILES string of the molecule is NNC(Cc1cc(F)cc(F)c1)c1ccc(Cl)cc1Br. The summed E-state index contributed by atoms with van der Waals surface area (Å²) in [6.45, 7) is 0. The van der Waals surface area contributed by atoms with Gasteiger partial charge in [0, 0.05) is 15.6 Å². The highest BCUT2D eigenvalue weighted by atomic mass is 79.9. The minimum absolute atomic E-state index is 0.289. The Morgan fingerprint density at radius 2 is 1.80 bits per heavy atom. The summed E-state index contributed by atoms with van der Waals surface area (Å²) < 4.78 is 27.2. The Balaban J connectivity index is 2.28. The molecule has 0 heterocycles. The fourth-order valence-electron chi connectivity index (χ4n) is 2.01. The van der Waals surface area contributed by atoms with Gasteiger partial charge in [-0.25, -0.2) is 8.78 Å². The molecule has 0 radical (unpaired) electrons. The van der Waals surface area contributed by atoms with Crippen molar-refractivity contribution < 1.29 is 8.78 Å². The Labute approximate surface area is 129 Å². The first kappa shape index (κ1) is 15.4. The van der Waals surface area contributed by atoms with E-state index in [2.05, 4.69) is 21.4 Å². The molecule has 6 heteroatoms. The van der Waals surface area contributed by atoms with Gasteiger partial charge in [0.15, 0.2) is 0 Å². The molecule has 0 aliphatic carbocycles. The number of rotatable bonds is 4. The summed E-state index contributed by atoms with van der Waals surface area (Å²) >= 11 is 9.29. The Morgan fingerprint density at radius 1 is 1.15 bits per heavy atom. The molecule has 0 bridgehead atoms. The van der Waals surface area contributed by atoms with Crippen LogP contribution in [0.3, 0.4) is 0 Å². The van der Waals surface area contributed by atoms with Crippen molar-refractivity contribution in [3.8, 4) is 0 Å². The third-order valence-corrected chi connectivity index (χ3v) is 3.82. The highest BCUT2D eigenvalue weighted by Crippen LogP contribution is 2.28. The van der Waals surface area contributed by atoms with Crippen molar-refractivity contribution in [3.05, 3.63) is 68.7 Å². The lowest BCUT2D eigenvalue weighted by molar-refractivity contribution is 0.538. The minimum Gasteiger partial charge on any atom is -0.271 e. The lowest BCUT2D eigenvalue weighted by Gasteiger charge is -2.18. The summed E-state index contributed by atoms with van der Waals surface area (Å²) in [5, 5.41) is 0.591. The van der Waals surface area contributed by atoms with Gasteiger partial charge < -0.3 is 0 Å². The van der Waals surface area contributed by atoms with Crippen molar-refractivity contribution in [3.63, 3.8) is 0 Å². The molecule has 2 rings (SSSR count). The van der Waals surface area contributed by atoms with E-state index in [4.69, 9.17) is 17.4 Å². The fraction of sp³-hybridized carbons (Fsp3) is 0.143. The lowest BCUT2D eigenvalue weighted by Crippen LogP contribution is -2.29. The number of hydrogen-bond acceptors (Lipinski definition) is 2. The number of hydrogen-bond donors (Lipinski definition) is 2. The molecule has 2 nitrogen and oxygen atoms in total. The summed E-state index contributed by atoms with van der Waals surface area (Å²) in [5.41, 5.74) is 4.03. The summed E-state index contributed by atoms with van der Waals surface area (Å²) in [5.74, 6) is 4.33. The van der Waals surface area contributed by atoms with Crippen molar-refractivity contribution >= 4 is 27.5 Å². The first-order valence-electron chi connectivity index (χ1n) is 5.85. The van der Waals surface area contributed by atoms with Crippen LogP contribution < -0.4 is 11.3 Å². The largest absolute Gasteiger partial charge is 0.271 e. The Kier molecular flexibility index (Phi) is 5.10. The van der Waals surface area contributed by atoms with Gasteiger partial charge in [0.1, 0.15) is 11.6 Å². The Bertz CT molecular complexity index is 602. The molecule has 0 fully saturated rings. The smallest absolute Gasteiger partial charge is 0.126 e. The highest BCUT2D eigenvalue weighted by molar-refractivity contribution is 9.10. The van der Waals surface area contributed by atoms with Crippen LogP contribution in [0.1, 0.15) is 17.2 Å². The third-order valence-electron chi connectivity index (χ3n) is 2.90. The zero-order chi connectivity index (χ0) is 14.7. The Hall–Kier alpha value is -1.01. The predicted molar refractivity (Wildman–Crippen MR) is 79.3 cm³/mol. The van der Waals surface area contributed by atoms with Gasteiger partial charge in [-0.05, 0) is 41.8 Å². The predicted octanol–water partition coefficient (Wildman–Crippen LogP) is 4.13. The first-order chi connectivity index (χ1) is 9.49. The van der Waals surface area contributed by atoms with Crippen LogP contribution in [0.25, 0.3) is 0 Å². The van der Waals surface area contributed by atoms with Crippen LogP contribution in [0, 0.1) is 11.6 Å². The number of nitrogens with two attached hydrogens (primary N) is 1. The molecule has 106 valence electrons. The maximum absolute atomic E-state index is 13.2. The van der Waals surface area contributed by atoms with Gasteiger partial charge in [0.2, 0.25) is 0 Å². The van der Waals surface area contributed by atoms with E-state index in [1.807, 2.05) is 6.07 Å². The van der Waals surface area contributed by atoms with E-state index in [0.717, 1.165) is 16.1 Å². The topological polar surface area (TPSA) is 38.0 Å². The van der Waals surface area contributed by atoms with Crippen LogP contribution in [0.5, 0.6) is 0 Å². The molecule has 2 aromatic carbocycles. The fourth-order valence-corrected chi connectivity index (χ4v) is 2.97. The third kappa shape index (κ3) is 3.76. The second-order valence-corrected chi connectivity index (χ2v) is 5.66. The molecule has 2 aromatic rings. The van der Waals surface area contributed by atoms with Crippen LogP contribution in [0.4, 0.5) is 8.78 Å². The minimum atomic E-state index is -0.606. The van der Waals surface area contributed by atoms with Crippen LogP contribution in [-0.4, -0.2) is 0 Å². The van der Waals surface area contributed by atoms with Crippen molar-refractivity contribution in [1.29, 1.82) is 0 Å². The molecule has 1 atom stereocenters. The second kappa shape index (κ2) is 6.63. The average Bonchev–Trinajstić information content (AvgIpc) is 2.35. The molecule has 0 amide bonds. The second-order valence-electron chi connectivity index (χ2n) is 4.37. The van der Waals surface area contributed by atoms with Gasteiger partial charge in [-0.3, -0.25) is 11.3 Å². The summed E-state index contributed by atoms with van der Waals surface area (Å²) in [7, 11) is 0. The molecule has 1 unspecified atom stereocenters. The number of nitrogens with one attached hydrogen (secondary N) is 1. The maximum Gasteiger partial charge on any atom is 0.126 e. The quantitative estimate of drug-likeness (QED) is 0.635. The van der Waals surface area contributed by atoms with E-state index in [-0.39, 0.29) is 6.04 Å². The number of benzene rings is 2. The van der Waals surface area contributed by atoms with Gasteiger partial charge in [-0.2, -0.15) is 0 Å². The van der Waals surface area contributed by atoms with E-state index in [1.165, 1.54) is 12.1 Å². The van der Waals surface area contributed by atoms with Gasteiger partial charge in [0.25, 0.3) is 0 Å². The van der Waals surface area contributed by atoms with Crippen LogP contribution >= 0.6 is 27.5 Å². The molecule has 0 aromatic heterocycles. The van der Waals surface area contributed by atoms with Crippen molar-refractivity contribution in [2.24, 2.45) is 5.84 Å². The van der Waals surface area contributed by atoms with E-state index < -0.39 is 11.6 Å². The summed E-state index contributed by atoms with van der Waals surface area (Å²) in [6.07, 6.45) is 0.353. The normalized spacial score (nSPS) is 12.4. The molecule has 3 N–H and O–H groups in total. The molecule has 0 saturated heterocycles. The van der Waals surface area contributed by atoms with Gasteiger partial charge in [-0.15, -0.1) is 0 Å². The standard InChI is InChI=1S/C14H12BrClF2N2/c15-13-6-9(16)1-2-12(13)14(20-19)5-8-3-10(17)7-11(18)4-8/h1-4,6-7,14,20H,5,19H2. The Morgan fingerprint density at radius 3 is 2.35 bits per heavy atom. The van der Waals surface area contributed by atoms with Crippen LogP contribution in [0.2, 0.25) is 5.02 Å². The van der Waals surface area contributed by atoms with Gasteiger partial charge in [-0.1, -0.05) is 33.6 Å². The summed E-state index contributed by atoms with van der Waals surface area (Å²) in [6, 6.07) is 8.42. The molecule has 0 saturated carbocycles. The average molecular weight is 362 g/mol. The summed E-state index contributed by atoms with van der Waals surface area (Å²) in [4.78, 5) is 0. The molecular weight excluding hydrogens is 350 g/mol. The van der Waals surface area contributed by atoms with Crippen molar-refractivity contribution in [2.45, 2.75) is 12.5 Å². The maximum atomic E-state index is 13.2. The zero-order valence-corrected chi connectivity index (χ0v) is 12.7. The van der Waals surface area contributed by atoms with E-state index >= 15 is 0 Å². The van der Waals surface area contributed by atoms with Crippen molar-refractivity contribution in [2.75, 3.05) is 0 Å². The highest BCUT2D eigenvalue weighted by Gasteiger charge is 2.15. The van der Waals surface area contributed by atoms with Crippen molar-refractivity contribution in [1.82, 2.24) is 5.43 Å². The molecule has 20 heavy (non-hydrogen) atoms. The monoisotopic (exact) mass is 360 g/mol. The van der Waals surface area contributed by atoms with Gasteiger partial charge in [0.05, 0.1) is 6.04 Å². The first-order valence-corrected chi connectivity index (χ1v) is 7.02. The van der Waals surface area contributed by atoms with Gasteiger partial charge >= 0.3 is 0 Å². The number of hydrazine groups is 1. The molecular formula is C14H12BrClF2N2. The molecule has 0 aliphatic heterocycles. The lowest BCUT2D eigenvalue weighted by atomic mass is 9.99. The van der Waals surface area contributed by atoms with Crippen LogP contribution in [0.15, 0.2) is 40.9 Å². The van der Waals surface area contributed by atoms with E-state index in [9.17, 15) is 8.78 Å². The number of halogens is 4. The molecule has 0 aliphatic rings.